The molecule has 2 N–H and O–H groups in total. The van der Waals surface area contributed by atoms with Gasteiger partial charge in [0.15, 0.2) is 0 Å². The number of anilines is 1. The first-order valence-electron chi connectivity index (χ1n) is 4.35. The number of allylic oxidation sites excluding steroid dienone is 1. The molecule has 0 fully saturated rings. The highest BCUT2D eigenvalue weighted by Gasteiger charge is 1.90. The molecule has 70 valence electrons. The summed E-state index contributed by atoms with van der Waals surface area (Å²) in [4.78, 5) is 0. The summed E-state index contributed by atoms with van der Waals surface area (Å²) in [6.45, 7) is 4.92. The summed E-state index contributed by atoms with van der Waals surface area (Å²) < 4.78 is 0. The summed E-state index contributed by atoms with van der Waals surface area (Å²) in [5.74, 6) is 0.294. The number of hydrogen-bond donors (Lipinski definition) is 2. The number of hydrogen-bond acceptors (Lipinski definition) is 2. The third kappa shape index (κ3) is 3.65. The minimum atomic E-state index is 0.294. The lowest BCUT2D eigenvalue weighted by molar-refractivity contribution is 0.475. The zero-order chi connectivity index (χ0) is 9.68. The molecule has 0 saturated carbocycles. The van der Waals surface area contributed by atoms with Gasteiger partial charge in [0.1, 0.15) is 5.75 Å². The number of phenolic OH excluding ortho intramolecular Hbond substituents is 1. The molecule has 2 nitrogen and oxygen atoms in total. The molecule has 0 aromatic heterocycles. The van der Waals surface area contributed by atoms with Crippen molar-refractivity contribution >= 4 is 5.69 Å². The summed E-state index contributed by atoms with van der Waals surface area (Å²) in [5.41, 5.74) is 2.23. The standard InChI is InChI=1S/C11H15NO/c1-9(2)6-7-12-10-4-3-5-11(13)8-10/h3-6,8,12-13H,7H2,1-2H3. The summed E-state index contributed by atoms with van der Waals surface area (Å²) in [7, 11) is 0. The van der Waals surface area contributed by atoms with Gasteiger partial charge in [0.2, 0.25) is 0 Å². The molecule has 1 aromatic rings. The molecule has 0 aliphatic rings. The normalized spacial score (nSPS) is 9.38. The second kappa shape index (κ2) is 4.55. The van der Waals surface area contributed by atoms with Gasteiger partial charge >= 0.3 is 0 Å². The second-order valence-corrected chi connectivity index (χ2v) is 3.21. The molecule has 0 bridgehead atoms. The maximum atomic E-state index is 9.17. The minimum Gasteiger partial charge on any atom is -0.508 e. The molecule has 0 heterocycles. The van der Waals surface area contributed by atoms with Crippen LogP contribution in [-0.4, -0.2) is 11.7 Å². The zero-order valence-corrected chi connectivity index (χ0v) is 8.04. The van der Waals surface area contributed by atoms with Crippen LogP contribution in [0.4, 0.5) is 5.69 Å². The Labute approximate surface area is 78.9 Å². The van der Waals surface area contributed by atoms with E-state index < -0.39 is 0 Å². The van der Waals surface area contributed by atoms with Crippen LogP contribution in [0.2, 0.25) is 0 Å². The molecule has 0 atom stereocenters. The molecule has 0 unspecified atom stereocenters. The summed E-state index contributed by atoms with van der Waals surface area (Å²) >= 11 is 0. The number of phenols is 1. The van der Waals surface area contributed by atoms with E-state index in [2.05, 4.69) is 25.2 Å². The van der Waals surface area contributed by atoms with Crippen LogP contribution in [0.15, 0.2) is 35.9 Å². The van der Waals surface area contributed by atoms with Crippen LogP contribution in [0.1, 0.15) is 13.8 Å². The van der Waals surface area contributed by atoms with Gasteiger partial charge in [-0.2, -0.15) is 0 Å². The SMILES string of the molecule is CC(C)=CCNc1cccc(O)c1. The maximum Gasteiger partial charge on any atom is 0.117 e. The Morgan fingerprint density at radius 1 is 1.46 bits per heavy atom. The van der Waals surface area contributed by atoms with Gasteiger partial charge < -0.3 is 10.4 Å². The monoisotopic (exact) mass is 177 g/mol. The molecule has 2 heteroatoms. The van der Waals surface area contributed by atoms with Crippen LogP contribution < -0.4 is 5.32 Å². The van der Waals surface area contributed by atoms with E-state index in [1.807, 2.05) is 12.1 Å². The Hall–Kier alpha value is -1.44. The number of rotatable bonds is 3. The first-order valence-corrected chi connectivity index (χ1v) is 4.35. The Kier molecular flexibility index (Phi) is 3.38. The van der Waals surface area contributed by atoms with E-state index in [4.69, 9.17) is 5.11 Å². The first kappa shape index (κ1) is 9.65. The van der Waals surface area contributed by atoms with Gasteiger partial charge in [0, 0.05) is 18.3 Å². The predicted molar refractivity (Wildman–Crippen MR) is 56.0 cm³/mol. The van der Waals surface area contributed by atoms with E-state index >= 15 is 0 Å². The number of aromatic hydroxyl groups is 1. The average Bonchev–Trinajstić information content (AvgIpc) is 2.03. The molecule has 13 heavy (non-hydrogen) atoms. The first-order chi connectivity index (χ1) is 6.18. The van der Waals surface area contributed by atoms with Gasteiger partial charge in [0.05, 0.1) is 0 Å². The lowest BCUT2D eigenvalue weighted by atomic mass is 10.3. The third-order valence-electron chi connectivity index (χ3n) is 1.66. The van der Waals surface area contributed by atoms with Crippen LogP contribution in [0.3, 0.4) is 0 Å². The highest BCUT2D eigenvalue weighted by molar-refractivity contribution is 5.48. The quantitative estimate of drug-likeness (QED) is 0.696. The lowest BCUT2D eigenvalue weighted by Crippen LogP contribution is -1.97. The second-order valence-electron chi connectivity index (χ2n) is 3.21. The van der Waals surface area contributed by atoms with E-state index in [-0.39, 0.29) is 0 Å². The van der Waals surface area contributed by atoms with Gasteiger partial charge in [0.25, 0.3) is 0 Å². The molecule has 0 radical (unpaired) electrons. The fourth-order valence-corrected chi connectivity index (χ4v) is 0.989. The summed E-state index contributed by atoms with van der Waals surface area (Å²) in [6, 6.07) is 7.11. The summed E-state index contributed by atoms with van der Waals surface area (Å²) in [6.07, 6.45) is 2.10. The van der Waals surface area contributed by atoms with Crippen molar-refractivity contribution in [3.63, 3.8) is 0 Å². The van der Waals surface area contributed by atoms with Crippen LogP contribution >= 0.6 is 0 Å². The van der Waals surface area contributed by atoms with E-state index in [1.54, 1.807) is 12.1 Å². The van der Waals surface area contributed by atoms with Gasteiger partial charge in [-0.1, -0.05) is 17.7 Å². The van der Waals surface area contributed by atoms with Crippen molar-refractivity contribution in [1.82, 2.24) is 0 Å². The molecule has 0 saturated heterocycles. The maximum absolute atomic E-state index is 9.17. The molecular weight excluding hydrogens is 162 g/mol. The van der Waals surface area contributed by atoms with Crippen molar-refractivity contribution < 1.29 is 5.11 Å². The largest absolute Gasteiger partial charge is 0.508 e. The Morgan fingerprint density at radius 3 is 2.85 bits per heavy atom. The molecule has 1 aromatic carbocycles. The van der Waals surface area contributed by atoms with Crippen molar-refractivity contribution in [3.8, 4) is 5.75 Å². The van der Waals surface area contributed by atoms with Crippen LogP contribution in [0.25, 0.3) is 0 Å². The van der Waals surface area contributed by atoms with E-state index in [9.17, 15) is 0 Å². The average molecular weight is 177 g/mol. The zero-order valence-electron chi connectivity index (χ0n) is 8.04. The topological polar surface area (TPSA) is 32.3 Å². The molecule has 0 aliphatic carbocycles. The summed E-state index contributed by atoms with van der Waals surface area (Å²) in [5, 5.41) is 12.3. The minimum absolute atomic E-state index is 0.294. The van der Waals surface area contributed by atoms with Gasteiger partial charge in [-0.15, -0.1) is 0 Å². The Balaban J connectivity index is 2.50. The van der Waals surface area contributed by atoms with Crippen molar-refractivity contribution in [2.75, 3.05) is 11.9 Å². The van der Waals surface area contributed by atoms with Crippen molar-refractivity contribution in [2.24, 2.45) is 0 Å². The highest BCUT2D eigenvalue weighted by atomic mass is 16.3. The molecule has 0 spiro atoms. The van der Waals surface area contributed by atoms with Gasteiger partial charge in [-0.05, 0) is 26.0 Å². The Bertz CT molecular complexity index is 301. The fourth-order valence-electron chi connectivity index (χ4n) is 0.989. The van der Waals surface area contributed by atoms with Gasteiger partial charge in [-0.3, -0.25) is 0 Å². The van der Waals surface area contributed by atoms with Gasteiger partial charge in [-0.25, -0.2) is 0 Å². The van der Waals surface area contributed by atoms with Crippen LogP contribution in [-0.2, 0) is 0 Å². The van der Waals surface area contributed by atoms with Crippen molar-refractivity contribution in [2.45, 2.75) is 13.8 Å². The van der Waals surface area contributed by atoms with E-state index in [1.165, 1.54) is 5.57 Å². The lowest BCUT2D eigenvalue weighted by Gasteiger charge is -2.03. The molecule has 0 aliphatic heterocycles. The van der Waals surface area contributed by atoms with E-state index in [0.717, 1.165) is 12.2 Å². The predicted octanol–water partition coefficient (Wildman–Crippen LogP) is 2.77. The molecular formula is C11H15NO. The highest BCUT2D eigenvalue weighted by Crippen LogP contribution is 2.14. The fraction of sp³-hybridized carbons (Fsp3) is 0.273. The number of nitrogens with one attached hydrogen (secondary N) is 1. The van der Waals surface area contributed by atoms with Crippen LogP contribution in [0, 0.1) is 0 Å². The Morgan fingerprint density at radius 2 is 2.23 bits per heavy atom. The van der Waals surface area contributed by atoms with E-state index in [0.29, 0.717) is 5.75 Å². The number of benzene rings is 1. The van der Waals surface area contributed by atoms with Crippen LogP contribution in [0.5, 0.6) is 5.75 Å². The molecule has 1 rings (SSSR count). The third-order valence-corrected chi connectivity index (χ3v) is 1.66. The molecule has 0 amide bonds. The smallest absolute Gasteiger partial charge is 0.117 e. The van der Waals surface area contributed by atoms with Crippen molar-refractivity contribution in [3.05, 3.63) is 35.9 Å². The van der Waals surface area contributed by atoms with Crippen molar-refractivity contribution in [1.29, 1.82) is 0 Å².